The molecule has 0 spiro atoms. The summed E-state index contributed by atoms with van der Waals surface area (Å²) in [5.74, 6) is 0.871. The number of hydrogen-bond acceptors (Lipinski definition) is 5. The molecule has 110 valence electrons. The summed E-state index contributed by atoms with van der Waals surface area (Å²) >= 11 is 0. The van der Waals surface area contributed by atoms with Crippen LogP contribution in [0.2, 0.25) is 0 Å². The molecule has 0 amide bonds. The van der Waals surface area contributed by atoms with E-state index in [9.17, 15) is 13.2 Å². The van der Waals surface area contributed by atoms with Gasteiger partial charge in [0.1, 0.15) is 11.6 Å². The molecule has 0 aliphatic carbocycles. The van der Waals surface area contributed by atoms with E-state index in [0.29, 0.717) is 17.3 Å². The van der Waals surface area contributed by atoms with Crippen LogP contribution in [0.15, 0.2) is 6.20 Å². The maximum absolute atomic E-state index is 12.3. The topological polar surface area (TPSA) is 58.9 Å². The van der Waals surface area contributed by atoms with Gasteiger partial charge in [-0.25, -0.2) is 9.97 Å². The van der Waals surface area contributed by atoms with Crippen LogP contribution in [0.3, 0.4) is 0 Å². The number of nitrogens with one attached hydrogen (secondary N) is 1. The van der Waals surface area contributed by atoms with Crippen molar-refractivity contribution in [1.29, 1.82) is 0 Å². The van der Waals surface area contributed by atoms with E-state index in [0.717, 1.165) is 10.3 Å². The third-order valence-electron chi connectivity index (χ3n) is 2.74. The second-order valence-electron chi connectivity index (χ2n) is 4.53. The molecule has 0 fully saturated rings. The van der Waals surface area contributed by atoms with Gasteiger partial charge in [-0.2, -0.15) is 18.3 Å². The first kappa shape index (κ1) is 14.5. The van der Waals surface area contributed by atoms with Crippen LogP contribution < -0.4 is 5.32 Å². The lowest BCUT2D eigenvalue weighted by Crippen LogP contribution is -2.31. The predicted molar refractivity (Wildman–Crippen MR) is 68.2 cm³/mol. The van der Waals surface area contributed by atoms with Crippen LogP contribution in [0.4, 0.5) is 19.0 Å². The van der Waals surface area contributed by atoms with Crippen LogP contribution in [-0.2, 0) is 13.6 Å². The Kier molecular flexibility index (Phi) is 3.80. The Morgan fingerprint density at radius 1 is 1.35 bits per heavy atom. The molecular weight excluding hydrogens is 273 g/mol. The van der Waals surface area contributed by atoms with Crippen LogP contribution in [0.25, 0.3) is 11.0 Å². The molecule has 0 radical (unpaired) electrons. The van der Waals surface area contributed by atoms with Gasteiger partial charge in [0.2, 0.25) is 0 Å². The molecular formula is C11H15F3N6. The number of fused-ring (bicyclic) bond motifs is 1. The van der Waals surface area contributed by atoms with E-state index in [-0.39, 0.29) is 6.54 Å². The first-order valence-electron chi connectivity index (χ1n) is 5.92. The number of alkyl halides is 3. The summed E-state index contributed by atoms with van der Waals surface area (Å²) in [5.41, 5.74) is 0.583. The summed E-state index contributed by atoms with van der Waals surface area (Å²) in [6.45, 7) is -0.996. The normalized spacial score (nSPS) is 12.3. The van der Waals surface area contributed by atoms with Gasteiger partial charge >= 0.3 is 6.18 Å². The molecule has 0 saturated carbocycles. The Balaban J connectivity index is 2.28. The number of aryl methyl sites for hydroxylation is 1. The van der Waals surface area contributed by atoms with Crippen molar-refractivity contribution in [2.24, 2.45) is 7.05 Å². The van der Waals surface area contributed by atoms with E-state index >= 15 is 0 Å². The number of nitrogens with zero attached hydrogens (tertiary/aromatic N) is 5. The standard InChI is InChI=1S/C11H15F3N6/c1-15-9-7-4-16-20(3)10(7)18-8(17-9)5-19(2)6-11(12,13)14/h4H,5-6H2,1-3H3,(H,15,17,18). The highest BCUT2D eigenvalue weighted by Gasteiger charge is 2.29. The summed E-state index contributed by atoms with van der Waals surface area (Å²) in [6.07, 6.45) is -2.62. The highest BCUT2D eigenvalue weighted by atomic mass is 19.4. The van der Waals surface area contributed by atoms with Crippen molar-refractivity contribution < 1.29 is 13.2 Å². The van der Waals surface area contributed by atoms with Crippen molar-refractivity contribution in [1.82, 2.24) is 24.6 Å². The smallest absolute Gasteiger partial charge is 0.372 e. The Bertz CT molecular complexity index is 606. The molecule has 0 saturated heterocycles. The fourth-order valence-electron chi connectivity index (χ4n) is 1.93. The Labute approximate surface area is 113 Å². The molecule has 20 heavy (non-hydrogen) atoms. The second-order valence-corrected chi connectivity index (χ2v) is 4.53. The largest absolute Gasteiger partial charge is 0.401 e. The Morgan fingerprint density at radius 3 is 2.65 bits per heavy atom. The van der Waals surface area contributed by atoms with E-state index in [2.05, 4.69) is 20.4 Å². The predicted octanol–water partition coefficient (Wildman–Crippen LogP) is 1.40. The number of anilines is 1. The van der Waals surface area contributed by atoms with Crippen molar-refractivity contribution in [3.8, 4) is 0 Å². The minimum absolute atomic E-state index is 0.00924. The first-order chi connectivity index (χ1) is 9.30. The summed E-state index contributed by atoms with van der Waals surface area (Å²) in [5, 5.41) is 7.70. The monoisotopic (exact) mass is 288 g/mol. The van der Waals surface area contributed by atoms with Gasteiger partial charge < -0.3 is 5.32 Å². The van der Waals surface area contributed by atoms with Gasteiger partial charge in [0.25, 0.3) is 0 Å². The molecule has 2 aromatic rings. The second kappa shape index (κ2) is 5.23. The third kappa shape index (κ3) is 3.16. The lowest BCUT2D eigenvalue weighted by Gasteiger charge is -2.17. The van der Waals surface area contributed by atoms with Gasteiger partial charge in [0.15, 0.2) is 5.65 Å². The van der Waals surface area contributed by atoms with Crippen LogP contribution in [-0.4, -0.2) is 51.5 Å². The molecule has 0 atom stereocenters. The van der Waals surface area contributed by atoms with Crippen molar-refractivity contribution >= 4 is 16.9 Å². The SMILES string of the molecule is CNc1nc(CN(C)CC(F)(F)F)nc2c1cnn2C. The van der Waals surface area contributed by atoms with Crippen molar-refractivity contribution in [2.45, 2.75) is 12.7 Å². The van der Waals surface area contributed by atoms with Crippen LogP contribution in [0, 0.1) is 0 Å². The summed E-state index contributed by atoms with van der Waals surface area (Å²) in [6, 6.07) is 0. The van der Waals surface area contributed by atoms with E-state index in [1.165, 1.54) is 7.05 Å². The molecule has 2 aromatic heterocycles. The van der Waals surface area contributed by atoms with Gasteiger partial charge in [-0.3, -0.25) is 9.58 Å². The minimum atomic E-state index is -4.24. The van der Waals surface area contributed by atoms with E-state index in [1.54, 1.807) is 25.0 Å². The molecule has 2 rings (SSSR count). The fourth-order valence-corrected chi connectivity index (χ4v) is 1.93. The zero-order chi connectivity index (χ0) is 14.9. The van der Waals surface area contributed by atoms with Crippen molar-refractivity contribution in [3.05, 3.63) is 12.0 Å². The number of aromatic nitrogens is 4. The molecule has 9 heteroatoms. The number of hydrogen-bond donors (Lipinski definition) is 1. The third-order valence-corrected chi connectivity index (χ3v) is 2.74. The lowest BCUT2D eigenvalue weighted by atomic mass is 10.3. The maximum Gasteiger partial charge on any atom is 0.401 e. The molecule has 6 nitrogen and oxygen atoms in total. The average molecular weight is 288 g/mol. The molecule has 0 aromatic carbocycles. The van der Waals surface area contributed by atoms with Crippen LogP contribution in [0.1, 0.15) is 5.82 Å². The van der Waals surface area contributed by atoms with Crippen LogP contribution >= 0.6 is 0 Å². The van der Waals surface area contributed by atoms with Gasteiger partial charge in [-0.05, 0) is 7.05 Å². The Hall–Kier alpha value is -1.90. The van der Waals surface area contributed by atoms with Crippen molar-refractivity contribution in [3.63, 3.8) is 0 Å². The van der Waals surface area contributed by atoms with E-state index in [4.69, 9.17) is 0 Å². The molecule has 0 bridgehead atoms. The van der Waals surface area contributed by atoms with Gasteiger partial charge in [0.05, 0.1) is 24.7 Å². The molecule has 1 N–H and O–H groups in total. The fraction of sp³-hybridized carbons (Fsp3) is 0.545. The zero-order valence-electron chi connectivity index (χ0n) is 11.4. The quantitative estimate of drug-likeness (QED) is 0.921. The van der Waals surface area contributed by atoms with Crippen LogP contribution in [0.5, 0.6) is 0 Å². The zero-order valence-corrected chi connectivity index (χ0v) is 11.4. The van der Waals surface area contributed by atoms with Gasteiger partial charge in [0, 0.05) is 14.1 Å². The number of halogens is 3. The highest BCUT2D eigenvalue weighted by Crippen LogP contribution is 2.20. The molecule has 0 aliphatic rings. The average Bonchev–Trinajstić information content (AvgIpc) is 2.68. The van der Waals surface area contributed by atoms with Crippen molar-refractivity contribution in [2.75, 3.05) is 26.0 Å². The molecule has 0 aliphatic heterocycles. The minimum Gasteiger partial charge on any atom is -0.372 e. The van der Waals surface area contributed by atoms with Gasteiger partial charge in [-0.1, -0.05) is 0 Å². The molecule has 0 unspecified atom stereocenters. The Morgan fingerprint density at radius 2 is 2.05 bits per heavy atom. The lowest BCUT2D eigenvalue weighted by molar-refractivity contribution is -0.144. The molecule has 2 heterocycles. The number of rotatable bonds is 4. The summed E-state index contributed by atoms with van der Waals surface area (Å²) in [7, 11) is 4.79. The highest BCUT2D eigenvalue weighted by molar-refractivity contribution is 5.86. The van der Waals surface area contributed by atoms with E-state index < -0.39 is 12.7 Å². The maximum atomic E-state index is 12.3. The summed E-state index contributed by atoms with van der Waals surface area (Å²) in [4.78, 5) is 9.59. The van der Waals surface area contributed by atoms with E-state index in [1.807, 2.05) is 0 Å². The first-order valence-corrected chi connectivity index (χ1v) is 5.92. The van der Waals surface area contributed by atoms with Gasteiger partial charge in [-0.15, -0.1) is 0 Å². The summed E-state index contributed by atoms with van der Waals surface area (Å²) < 4.78 is 38.5.